The fourth-order valence-corrected chi connectivity index (χ4v) is 3.40. The van der Waals surface area contributed by atoms with Gasteiger partial charge in [-0.25, -0.2) is 9.78 Å². The number of benzene rings is 1. The van der Waals surface area contributed by atoms with E-state index in [-0.39, 0.29) is 6.03 Å². The van der Waals surface area contributed by atoms with Crippen molar-refractivity contribution in [3.8, 4) is 0 Å². The van der Waals surface area contributed by atoms with Gasteiger partial charge in [-0.1, -0.05) is 6.07 Å². The Hall–Kier alpha value is -2.37. The number of amides is 2. The molecule has 1 aromatic carbocycles. The highest BCUT2D eigenvalue weighted by molar-refractivity contribution is 5.89. The number of likely N-dealkylation sites (tertiary alicyclic amines) is 1. The predicted octanol–water partition coefficient (Wildman–Crippen LogP) is 3.40. The Bertz CT molecular complexity index is 780. The highest BCUT2D eigenvalue weighted by atomic mass is 16.2. The molecule has 1 aromatic heterocycles. The topological polar surface area (TPSA) is 73.9 Å². The van der Waals surface area contributed by atoms with Gasteiger partial charge in [0.15, 0.2) is 5.82 Å². The summed E-state index contributed by atoms with van der Waals surface area (Å²) >= 11 is 0. The Morgan fingerprint density at radius 3 is 2.88 bits per heavy atom. The molecule has 2 amide bonds. The third-order valence-electron chi connectivity index (χ3n) is 5.30. The quantitative estimate of drug-likeness (QED) is 0.896. The van der Waals surface area contributed by atoms with Gasteiger partial charge in [-0.2, -0.15) is 5.10 Å². The second-order valence-corrected chi connectivity index (χ2v) is 7.45. The van der Waals surface area contributed by atoms with E-state index in [1.807, 2.05) is 23.1 Å². The van der Waals surface area contributed by atoms with E-state index >= 15 is 0 Å². The summed E-state index contributed by atoms with van der Waals surface area (Å²) in [6.45, 7) is 5.70. The summed E-state index contributed by atoms with van der Waals surface area (Å²) in [6, 6.07) is 6.01. The lowest BCUT2D eigenvalue weighted by molar-refractivity contribution is 0.220. The number of hydrogen-bond acceptors (Lipinski definition) is 3. The molecule has 0 bridgehead atoms. The third kappa shape index (κ3) is 3.67. The number of anilines is 1. The van der Waals surface area contributed by atoms with Gasteiger partial charge in [-0.05, 0) is 62.3 Å². The first-order chi connectivity index (χ1) is 12.1. The summed E-state index contributed by atoms with van der Waals surface area (Å²) in [4.78, 5) is 19.0. The molecule has 0 spiro atoms. The maximum atomic E-state index is 12.5. The van der Waals surface area contributed by atoms with Crippen LogP contribution in [0.1, 0.15) is 48.0 Å². The van der Waals surface area contributed by atoms with Crippen molar-refractivity contribution in [1.82, 2.24) is 20.1 Å². The van der Waals surface area contributed by atoms with Crippen LogP contribution in [-0.2, 0) is 6.42 Å². The number of aromatic nitrogens is 3. The van der Waals surface area contributed by atoms with Gasteiger partial charge in [0, 0.05) is 31.1 Å². The number of hydrogen-bond donors (Lipinski definition) is 2. The number of carbonyl (C=O) groups is 1. The van der Waals surface area contributed by atoms with Gasteiger partial charge in [0.2, 0.25) is 0 Å². The lowest BCUT2D eigenvalue weighted by Gasteiger charge is -2.17. The molecule has 1 aliphatic heterocycles. The van der Waals surface area contributed by atoms with Crippen LogP contribution >= 0.6 is 0 Å². The molecule has 1 atom stereocenters. The maximum absolute atomic E-state index is 12.5. The standard InChI is InChI=1S/C19H25N5O/c1-12-3-6-16(9-13(12)2)20-19(25)24-8-7-14(11-24)10-17-21-18(23-22-17)15-4-5-15/h3,6,9,14-15H,4-5,7-8,10-11H2,1-2H3,(H,20,25)(H,21,22,23). The Labute approximate surface area is 148 Å². The average Bonchev–Trinajstić information content (AvgIpc) is 3.15. The van der Waals surface area contributed by atoms with Crippen molar-refractivity contribution in [3.05, 3.63) is 41.0 Å². The minimum Gasteiger partial charge on any atom is -0.324 e. The van der Waals surface area contributed by atoms with Crippen LogP contribution in [0.25, 0.3) is 0 Å². The molecular weight excluding hydrogens is 314 g/mol. The Morgan fingerprint density at radius 2 is 2.12 bits per heavy atom. The molecule has 1 saturated heterocycles. The number of nitrogens with one attached hydrogen (secondary N) is 2. The summed E-state index contributed by atoms with van der Waals surface area (Å²) in [5, 5.41) is 10.4. The molecule has 2 aromatic rings. The van der Waals surface area contributed by atoms with E-state index in [0.717, 1.165) is 43.3 Å². The lowest BCUT2D eigenvalue weighted by atomic mass is 10.1. The van der Waals surface area contributed by atoms with Crippen LogP contribution in [0.2, 0.25) is 0 Å². The molecule has 2 heterocycles. The molecule has 6 nitrogen and oxygen atoms in total. The van der Waals surface area contributed by atoms with Crippen LogP contribution in [0.15, 0.2) is 18.2 Å². The molecule has 132 valence electrons. The van der Waals surface area contributed by atoms with E-state index < -0.39 is 0 Å². The Morgan fingerprint density at radius 1 is 1.28 bits per heavy atom. The van der Waals surface area contributed by atoms with Crippen molar-refractivity contribution in [1.29, 1.82) is 0 Å². The summed E-state index contributed by atoms with van der Waals surface area (Å²) in [6.07, 6.45) is 4.31. The normalized spacial score (nSPS) is 20.1. The second kappa shape index (κ2) is 6.50. The van der Waals surface area contributed by atoms with E-state index in [0.29, 0.717) is 11.8 Å². The highest BCUT2D eigenvalue weighted by Crippen LogP contribution is 2.37. The maximum Gasteiger partial charge on any atom is 0.321 e. The summed E-state index contributed by atoms with van der Waals surface area (Å²) in [5.41, 5.74) is 3.28. The average molecular weight is 339 g/mol. The SMILES string of the molecule is Cc1ccc(NC(=O)N2CCC(Cc3nc(C4CC4)n[nH]3)C2)cc1C. The number of H-pyrrole nitrogens is 1. The number of urea groups is 1. The van der Waals surface area contributed by atoms with E-state index in [1.165, 1.54) is 24.0 Å². The fourth-order valence-electron chi connectivity index (χ4n) is 3.40. The van der Waals surface area contributed by atoms with Crippen LogP contribution < -0.4 is 5.32 Å². The van der Waals surface area contributed by atoms with Gasteiger partial charge in [-0.15, -0.1) is 0 Å². The zero-order valence-electron chi connectivity index (χ0n) is 14.9. The van der Waals surface area contributed by atoms with Crippen molar-refractivity contribution < 1.29 is 4.79 Å². The first kappa shape index (κ1) is 16.1. The van der Waals surface area contributed by atoms with Gasteiger partial charge in [-0.3, -0.25) is 5.10 Å². The van der Waals surface area contributed by atoms with Gasteiger partial charge in [0.25, 0.3) is 0 Å². The first-order valence-corrected chi connectivity index (χ1v) is 9.13. The second-order valence-electron chi connectivity index (χ2n) is 7.45. The van der Waals surface area contributed by atoms with Crippen molar-refractivity contribution in [3.63, 3.8) is 0 Å². The van der Waals surface area contributed by atoms with Crippen molar-refractivity contribution in [2.24, 2.45) is 5.92 Å². The van der Waals surface area contributed by atoms with E-state index in [1.54, 1.807) is 0 Å². The zero-order valence-corrected chi connectivity index (χ0v) is 14.9. The van der Waals surface area contributed by atoms with Crippen LogP contribution in [-0.4, -0.2) is 39.2 Å². The van der Waals surface area contributed by atoms with Crippen molar-refractivity contribution >= 4 is 11.7 Å². The van der Waals surface area contributed by atoms with Crippen LogP contribution in [0, 0.1) is 19.8 Å². The van der Waals surface area contributed by atoms with Crippen molar-refractivity contribution in [2.45, 2.75) is 45.4 Å². The summed E-state index contributed by atoms with van der Waals surface area (Å²) < 4.78 is 0. The molecule has 0 radical (unpaired) electrons. The number of carbonyl (C=O) groups excluding carboxylic acids is 1. The minimum atomic E-state index is -0.0120. The number of nitrogens with zero attached hydrogens (tertiary/aromatic N) is 3. The predicted molar refractivity (Wildman–Crippen MR) is 96.7 cm³/mol. The highest BCUT2D eigenvalue weighted by Gasteiger charge is 2.30. The Balaban J connectivity index is 1.31. The Kier molecular flexibility index (Phi) is 4.19. The molecule has 6 heteroatoms. The number of aryl methyl sites for hydroxylation is 2. The van der Waals surface area contributed by atoms with Gasteiger partial charge < -0.3 is 10.2 Å². The van der Waals surface area contributed by atoms with Gasteiger partial charge >= 0.3 is 6.03 Å². The fraction of sp³-hybridized carbons (Fsp3) is 0.526. The molecule has 1 aliphatic carbocycles. The number of rotatable bonds is 4. The third-order valence-corrected chi connectivity index (χ3v) is 5.30. The largest absolute Gasteiger partial charge is 0.324 e. The van der Waals surface area contributed by atoms with E-state index in [2.05, 4.69) is 34.3 Å². The molecular formula is C19H25N5O. The van der Waals surface area contributed by atoms with Crippen LogP contribution in [0.4, 0.5) is 10.5 Å². The van der Waals surface area contributed by atoms with E-state index in [4.69, 9.17) is 0 Å². The van der Waals surface area contributed by atoms with Crippen molar-refractivity contribution in [2.75, 3.05) is 18.4 Å². The summed E-state index contributed by atoms with van der Waals surface area (Å²) in [7, 11) is 0. The zero-order chi connectivity index (χ0) is 17.4. The molecule has 4 rings (SSSR count). The molecule has 25 heavy (non-hydrogen) atoms. The van der Waals surface area contributed by atoms with Crippen LogP contribution in [0.3, 0.4) is 0 Å². The van der Waals surface area contributed by atoms with Gasteiger partial charge in [0.1, 0.15) is 5.82 Å². The first-order valence-electron chi connectivity index (χ1n) is 9.13. The van der Waals surface area contributed by atoms with Gasteiger partial charge in [0.05, 0.1) is 0 Å². The molecule has 2 N–H and O–H groups in total. The minimum absolute atomic E-state index is 0.0120. The lowest BCUT2D eigenvalue weighted by Crippen LogP contribution is -2.33. The molecule has 2 aliphatic rings. The molecule has 1 saturated carbocycles. The molecule has 2 fully saturated rings. The smallest absolute Gasteiger partial charge is 0.321 e. The summed E-state index contributed by atoms with van der Waals surface area (Å²) in [5.74, 6) is 2.96. The monoisotopic (exact) mass is 339 g/mol. The van der Waals surface area contributed by atoms with E-state index in [9.17, 15) is 4.79 Å². The molecule has 1 unspecified atom stereocenters. The van der Waals surface area contributed by atoms with Crippen LogP contribution in [0.5, 0.6) is 0 Å². The number of aromatic amines is 1.